The van der Waals surface area contributed by atoms with E-state index in [2.05, 4.69) is 26.1 Å². The molecule has 3 nitrogen and oxygen atoms in total. The van der Waals surface area contributed by atoms with Crippen LogP contribution >= 0.6 is 15.9 Å². The average molecular weight is 319 g/mol. The number of aromatic nitrogens is 2. The predicted octanol–water partition coefficient (Wildman–Crippen LogP) is 4.31. The molecule has 19 heavy (non-hydrogen) atoms. The average Bonchev–Trinajstić information content (AvgIpc) is 2.89. The monoisotopic (exact) mass is 318 g/mol. The van der Waals surface area contributed by atoms with Gasteiger partial charge in [0.25, 0.3) is 5.89 Å². The van der Waals surface area contributed by atoms with Crippen LogP contribution in [0.15, 0.2) is 57.4 Å². The Kier molecular flexibility index (Phi) is 3.13. The molecule has 1 heterocycles. The summed E-state index contributed by atoms with van der Waals surface area (Å²) in [6.07, 6.45) is 0. The molecule has 0 aliphatic heterocycles. The van der Waals surface area contributed by atoms with Gasteiger partial charge in [-0.3, -0.25) is 0 Å². The van der Waals surface area contributed by atoms with Gasteiger partial charge in [0, 0.05) is 10.0 Å². The van der Waals surface area contributed by atoms with Gasteiger partial charge in [-0.05, 0) is 30.3 Å². The fraction of sp³-hybridized carbons (Fsp3) is 0. The van der Waals surface area contributed by atoms with Gasteiger partial charge in [-0.15, -0.1) is 10.2 Å². The van der Waals surface area contributed by atoms with E-state index in [0.29, 0.717) is 11.5 Å². The Morgan fingerprint density at radius 1 is 0.947 bits per heavy atom. The Labute approximate surface area is 117 Å². The van der Waals surface area contributed by atoms with Crippen molar-refractivity contribution < 1.29 is 8.81 Å². The largest absolute Gasteiger partial charge is 0.416 e. The highest BCUT2D eigenvalue weighted by atomic mass is 79.9. The van der Waals surface area contributed by atoms with Gasteiger partial charge in [0.15, 0.2) is 0 Å². The van der Waals surface area contributed by atoms with Crippen LogP contribution in [0.4, 0.5) is 4.39 Å². The lowest BCUT2D eigenvalue weighted by atomic mass is 10.2. The summed E-state index contributed by atoms with van der Waals surface area (Å²) in [5, 5.41) is 7.82. The Bertz CT molecular complexity index is 727. The van der Waals surface area contributed by atoms with Crippen molar-refractivity contribution in [2.45, 2.75) is 0 Å². The van der Waals surface area contributed by atoms with Crippen molar-refractivity contribution in [1.29, 1.82) is 0 Å². The summed E-state index contributed by atoms with van der Waals surface area (Å²) >= 11 is 3.37. The second kappa shape index (κ2) is 4.93. The van der Waals surface area contributed by atoms with Crippen molar-refractivity contribution in [2.75, 3.05) is 0 Å². The fourth-order valence-electron chi connectivity index (χ4n) is 1.70. The first-order valence-corrected chi connectivity index (χ1v) is 6.38. The molecule has 2 aromatic carbocycles. The van der Waals surface area contributed by atoms with Crippen LogP contribution in [0.3, 0.4) is 0 Å². The lowest BCUT2D eigenvalue weighted by molar-refractivity contribution is 0.570. The summed E-state index contributed by atoms with van der Waals surface area (Å²) in [4.78, 5) is 0. The zero-order chi connectivity index (χ0) is 13.2. The molecular weight excluding hydrogens is 311 g/mol. The molecule has 0 aliphatic carbocycles. The van der Waals surface area contributed by atoms with E-state index < -0.39 is 0 Å². The summed E-state index contributed by atoms with van der Waals surface area (Å²) in [5.41, 5.74) is 1.08. The second-order valence-corrected chi connectivity index (χ2v) is 4.82. The van der Waals surface area contributed by atoms with Gasteiger partial charge in [0.1, 0.15) is 5.82 Å². The number of halogens is 2. The molecule has 5 heteroatoms. The van der Waals surface area contributed by atoms with Crippen LogP contribution in [0.5, 0.6) is 0 Å². The number of rotatable bonds is 2. The number of hydrogen-bond acceptors (Lipinski definition) is 3. The SMILES string of the molecule is Fc1ccccc1-c1nnc(-c2cccc(Br)c2)o1. The minimum absolute atomic E-state index is 0.174. The van der Waals surface area contributed by atoms with Crippen molar-refractivity contribution in [1.82, 2.24) is 10.2 Å². The molecule has 3 aromatic rings. The Balaban J connectivity index is 2.03. The molecule has 0 saturated carbocycles. The first-order chi connectivity index (χ1) is 9.24. The Morgan fingerprint density at radius 2 is 1.74 bits per heavy atom. The minimum atomic E-state index is -0.382. The van der Waals surface area contributed by atoms with Gasteiger partial charge in [-0.2, -0.15) is 0 Å². The first kappa shape index (κ1) is 12.0. The predicted molar refractivity (Wildman–Crippen MR) is 72.8 cm³/mol. The molecule has 0 spiro atoms. The maximum Gasteiger partial charge on any atom is 0.251 e. The van der Waals surface area contributed by atoms with E-state index in [1.807, 2.05) is 24.3 Å². The number of benzene rings is 2. The first-order valence-electron chi connectivity index (χ1n) is 5.58. The Morgan fingerprint density at radius 3 is 2.53 bits per heavy atom. The molecule has 0 radical (unpaired) electrons. The normalized spacial score (nSPS) is 10.6. The summed E-state index contributed by atoms with van der Waals surface area (Å²) in [6.45, 7) is 0. The maximum atomic E-state index is 13.6. The van der Waals surface area contributed by atoms with E-state index in [1.54, 1.807) is 18.2 Å². The zero-order valence-electron chi connectivity index (χ0n) is 9.68. The highest BCUT2D eigenvalue weighted by Crippen LogP contribution is 2.26. The smallest absolute Gasteiger partial charge is 0.251 e. The van der Waals surface area contributed by atoms with Crippen molar-refractivity contribution >= 4 is 15.9 Å². The lowest BCUT2D eigenvalue weighted by Gasteiger charge is -1.97. The summed E-state index contributed by atoms with van der Waals surface area (Å²) < 4.78 is 20.0. The highest BCUT2D eigenvalue weighted by Gasteiger charge is 2.13. The molecule has 94 valence electrons. The van der Waals surface area contributed by atoms with Crippen molar-refractivity contribution in [2.24, 2.45) is 0 Å². The third-order valence-electron chi connectivity index (χ3n) is 2.60. The molecule has 3 rings (SSSR count). The van der Waals surface area contributed by atoms with Crippen LogP contribution in [0.2, 0.25) is 0 Å². The summed E-state index contributed by atoms with van der Waals surface area (Å²) in [7, 11) is 0. The fourth-order valence-corrected chi connectivity index (χ4v) is 2.10. The van der Waals surface area contributed by atoms with E-state index in [1.165, 1.54) is 6.07 Å². The minimum Gasteiger partial charge on any atom is -0.416 e. The third-order valence-corrected chi connectivity index (χ3v) is 3.09. The molecule has 0 amide bonds. The Hall–Kier alpha value is -2.01. The summed E-state index contributed by atoms with van der Waals surface area (Å²) in [6, 6.07) is 13.8. The molecule has 0 N–H and O–H groups in total. The molecule has 0 atom stereocenters. The maximum absolute atomic E-state index is 13.6. The molecule has 0 fully saturated rings. The van der Waals surface area contributed by atoms with Crippen LogP contribution in [0.25, 0.3) is 22.9 Å². The quantitative estimate of drug-likeness (QED) is 0.707. The van der Waals surface area contributed by atoms with E-state index in [4.69, 9.17) is 4.42 Å². The van der Waals surface area contributed by atoms with Gasteiger partial charge in [0.05, 0.1) is 5.56 Å². The standard InChI is InChI=1S/C14H8BrFN2O/c15-10-5-3-4-9(8-10)13-17-18-14(19-13)11-6-1-2-7-12(11)16/h1-8H. The van der Waals surface area contributed by atoms with Crippen molar-refractivity contribution in [3.63, 3.8) is 0 Å². The zero-order valence-corrected chi connectivity index (χ0v) is 11.3. The molecule has 0 aliphatic rings. The van der Waals surface area contributed by atoms with Gasteiger partial charge < -0.3 is 4.42 Å². The van der Waals surface area contributed by atoms with Gasteiger partial charge >= 0.3 is 0 Å². The summed E-state index contributed by atoms with van der Waals surface area (Å²) in [5.74, 6) is 0.152. The third kappa shape index (κ3) is 2.42. The van der Waals surface area contributed by atoms with E-state index in [9.17, 15) is 4.39 Å². The number of nitrogens with zero attached hydrogens (tertiary/aromatic N) is 2. The lowest BCUT2D eigenvalue weighted by Crippen LogP contribution is -1.82. The highest BCUT2D eigenvalue weighted by molar-refractivity contribution is 9.10. The van der Waals surface area contributed by atoms with Gasteiger partial charge in [-0.25, -0.2) is 4.39 Å². The molecule has 1 aromatic heterocycles. The van der Waals surface area contributed by atoms with Crippen LogP contribution in [-0.4, -0.2) is 10.2 Å². The topological polar surface area (TPSA) is 38.9 Å². The van der Waals surface area contributed by atoms with Crippen LogP contribution in [-0.2, 0) is 0 Å². The van der Waals surface area contributed by atoms with Crippen LogP contribution in [0.1, 0.15) is 0 Å². The van der Waals surface area contributed by atoms with E-state index in [0.717, 1.165) is 10.0 Å². The second-order valence-electron chi connectivity index (χ2n) is 3.90. The van der Waals surface area contributed by atoms with Crippen LogP contribution < -0.4 is 0 Å². The van der Waals surface area contributed by atoms with Gasteiger partial charge in [0.2, 0.25) is 5.89 Å². The van der Waals surface area contributed by atoms with Gasteiger partial charge in [-0.1, -0.05) is 34.1 Å². The molecule has 0 bridgehead atoms. The van der Waals surface area contributed by atoms with Crippen LogP contribution in [0, 0.1) is 5.82 Å². The van der Waals surface area contributed by atoms with Crippen molar-refractivity contribution in [3.8, 4) is 22.9 Å². The van der Waals surface area contributed by atoms with E-state index in [-0.39, 0.29) is 11.7 Å². The van der Waals surface area contributed by atoms with Crippen molar-refractivity contribution in [3.05, 3.63) is 58.8 Å². The molecule has 0 saturated heterocycles. The molecule has 0 unspecified atom stereocenters. The van der Waals surface area contributed by atoms with E-state index >= 15 is 0 Å². The molecular formula is C14H8BrFN2O. The number of hydrogen-bond donors (Lipinski definition) is 0.